The van der Waals surface area contributed by atoms with Gasteiger partial charge in [0.2, 0.25) is 5.91 Å². The van der Waals surface area contributed by atoms with Crippen LogP contribution >= 0.6 is 15.9 Å². The maximum atomic E-state index is 12.3. The molecule has 1 heterocycles. The molecule has 2 rings (SSSR count). The van der Waals surface area contributed by atoms with E-state index in [1.54, 1.807) is 29.2 Å². The number of carbonyl (C=O) groups is 2. The van der Waals surface area contributed by atoms with E-state index in [9.17, 15) is 18.0 Å². The maximum Gasteiger partial charge on any atom is 0.223 e. The van der Waals surface area contributed by atoms with Gasteiger partial charge < -0.3 is 4.90 Å². The van der Waals surface area contributed by atoms with Crippen LogP contribution in [-0.4, -0.2) is 49.1 Å². The first-order chi connectivity index (χ1) is 10.8. The largest absolute Gasteiger partial charge is 0.339 e. The Balaban J connectivity index is 1.92. The summed E-state index contributed by atoms with van der Waals surface area (Å²) in [5, 5.41) is 0. The number of hydrogen-bond donors (Lipinski definition) is 0. The minimum absolute atomic E-state index is 0.0350. The summed E-state index contributed by atoms with van der Waals surface area (Å²) in [4.78, 5) is 26.0. The molecule has 0 aromatic heterocycles. The SMILES string of the molecule is CCN(C(=O)CCC(=O)c1ccc(Br)cc1)C1CCS(=O)(=O)C1. The summed E-state index contributed by atoms with van der Waals surface area (Å²) in [5.74, 6) is -0.0621. The molecular weight excluding hydrogens is 382 g/mol. The van der Waals surface area contributed by atoms with Gasteiger partial charge in [0.05, 0.1) is 11.5 Å². The van der Waals surface area contributed by atoms with Crippen LogP contribution in [0.2, 0.25) is 0 Å². The van der Waals surface area contributed by atoms with Crippen molar-refractivity contribution in [2.24, 2.45) is 0 Å². The Morgan fingerprint density at radius 2 is 1.87 bits per heavy atom. The van der Waals surface area contributed by atoms with E-state index in [2.05, 4.69) is 15.9 Å². The molecule has 0 radical (unpaired) electrons. The van der Waals surface area contributed by atoms with Crippen LogP contribution in [0, 0.1) is 0 Å². The molecule has 0 N–H and O–H groups in total. The first-order valence-electron chi connectivity index (χ1n) is 7.61. The van der Waals surface area contributed by atoms with E-state index < -0.39 is 9.84 Å². The lowest BCUT2D eigenvalue weighted by atomic mass is 10.1. The first-order valence-corrected chi connectivity index (χ1v) is 10.2. The Kier molecular flexibility index (Phi) is 5.97. The fourth-order valence-electron chi connectivity index (χ4n) is 2.80. The van der Waals surface area contributed by atoms with Gasteiger partial charge in [-0.15, -0.1) is 0 Å². The van der Waals surface area contributed by atoms with E-state index in [0.717, 1.165) is 4.47 Å². The number of amides is 1. The third-order valence-electron chi connectivity index (χ3n) is 4.04. The fraction of sp³-hybridized carbons (Fsp3) is 0.500. The number of ketones is 1. The highest BCUT2D eigenvalue weighted by molar-refractivity contribution is 9.10. The topological polar surface area (TPSA) is 71.5 Å². The van der Waals surface area contributed by atoms with Crippen molar-refractivity contribution in [3.05, 3.63) is 34.3 Å². The predicted octanol–water partition coefficient (Wildman–Crippen LogP) is 2.45. The van der Waals surface area contributed by atoms with Gasteiger partial charge in [-0.05, 0) is 25.5 Å². The van der Waals surface area contributed by atoms with E-state index in [0.29, 0.717) is 18.5 Å². The number of Topliss-reactive ketones (excluding diaryl/α,β-unsaturated/α-hetero) is 1. The van der Waals surface area contributed by atoms with E-state index >= 15 is 0 Å². The van der Waals surface area contributed by atoms with Gasteiger partial charge in [0.25, 0.3) is 0 Å². The Morgan fingerprint density at radius 3 is 2.39 bits per heavy atom. The van der Waals surface area contributed by atoms with Crippen molar-refractivity contribution in [3.63, 3.8) is 0 Å². The van der Waals surface area contributed by atoms with Crippen LogP contribution in [0.4, 0.5) is 0 Å². The second-order valence-electron chi connectivity index (χ2n) is 5.67. The molecule has 126 valence electrons. The van der Waals surface area contributed by atoms with Crippen molar-refractivity contribution >= 4 is 37.5 Å². The molecule has 7 heteroatoms. The van der Waals surface area contributed by atoms with Crippen LogP contribution in [0.25, 0.3) is 0 Å². The Bertz CT molecular complexity index is 685. The molecule has 0 bridgehead atoms. The smallest absolute Gasteiger partial charge is 0.223 e. The standard InChI is InChI=1S/C16H20BrNO4S/c1-2-18(14-9-10-23(21,22)11-14)16(20)8-7-15(19)12-3-5-13(17)6-4-12/h3-6,14H,2,7-11H2,1H3. The minimum atomic E-state index is -3.03. The van der Waals surface area contributed by atoms with Gasteiger partial charge in [-0.25, -0.2) is 8.42 Å². The van der Waals surface area contributed by atoms with Crippen molar-refractivity contribution in [1.82, 2.24) is 4.90 Å². The average molecular weight is 402 g/mol. The highest BCUT2D eigenvalue weighted by atomic mass is 79.9. The summed E-state index contributed by atoms with van der Waals surface area (Å²) < 4.78 is 24.0. The Hall–Kier alpha value is -1.21. The van der Waals surface area contributed by atoms with Crippen molar-refractivity contribution in [3.8, 4) is 0 Å². The zero-order valence-electron chi connectivity index (χ0n) is 13.0. The molecule has 5 nitrogen and oxygen atoms in total. The average Bonchev–Trinajstić information content (AvgIpc) is 2.86. The maximum absolute atomic E-state index is 12.3. The Labute approximate surface area is 145 Å². The molecule has 1 aliphatic heterocycles. The van der Waals surface area contributed by atoms with E-state index in [1.807, 2.05) is 6.92 Å². The van der Waals surface area contributed by atoms with Crippen LogP contribution in [-0.2, 0) is 14.6 Å². The molecule has 1 fully saturated rings. The van der Waals surface area contributed by atoms with Gasteiger partial charge in [0.1, 0.15) is 0 Å². The quantitative estimate of drug-likeness (QED) is 0.686. The summed E-state index contributed by atoms with van der Waals surface area (Å²) in [5.41, 5.74) is 0.576. The van der Waals surface area contributed by atoms with E-state index in [4.69, 9.17) is 0 Å². The van der Waals surface area contributed by atoms with Crippen molar-refractivity contribution in [2.75, 3.05) is 18.1 Å². The lowest BCUT2D eigenvalue weighted by Crippen LogP contribution is -2.41. The number of sulfone groups is 1. The molecule has 1 aliphatic rings. The van der Waals surface area contributed by atoms with Gasteiger partial charge in [-0.3, -0.25) is 9.59 Å². The van der Waals surface area contributed by atoms with Gasteiger partial charge >= 0.3 is 0 Å². The monoisotopic (exact) mass is 401 g/mol. The van der Waals surface area contributed by atoms with E-state index in [-0.39, 0.29) is 42.1 Å². The number of carbonyl (C=O) groups excluding carboxylic acids is 2. The molecular formula is C16H20BrNO4S. The molecule has 1 unspecified atom stereocenters. The molecule has 1 amide bonds. The Morgan fingerprint density at radius 1 is 1.22 bits per heavy atom. The second kappa shape index (κ2) is 7.57. The van der Waals surface area contributed by atoms with Gasteiger partial charge in [-0.1, -0.05) is 28.1 Å². The lowest BCUT2D eigenvalue weighted by molar-refractivity contribution is -0.132. The highest BCUT2D eigenvalue weighted by Crippen LogP contribution is 2.19. The summed E-state index contributed by atoms with van der Waals surface area (Å²) in [6.45, 7) is 2.30. The normalized spacial score (nSPS) is 19.5. The summed E-state index contributed by atoms with van der Waals surface area (Å²) in [6.07, 6.45) is 0.734. The van der Waals surface area contributed by atoms with Gasteiger partial charge in [0.15, 0.2) is 15.6 Å². The molecule has 1 saturated heterocycles. The molecule has 1 aromatic carbocycles. The number of hydrogen-bond acceptors (Lipinski definition) is 4. The zero-order chi connectivity index (χ0) is 17.0. The second-order valence-corrected chi connectivity index (χ2v) is 8.81. The molecule has 1 atom stereocenters. The summed E-state index contributed by atoms with van der Waals surface area (Å²) in [7, 11) is -3.03. The predicted molar refractivity (Wildman–Crippen MR) is 92.2 cm³/mol. The van der Waals surface area contributed by atoms with Crippen LogP contribution < -0.4 is 0 Å². The van der Waals surface area contributed by atoms with Crippen molar-refractivity contribution in [1.29, 1.82) is 0 Å². The van der Waals surface area contributed by atoms with Crippen molar-refractivity contribution < 1.29 is 18.0 Å². The highest BCUT2D eigenvalue weighted by Gasteiger charge is 2.33. The first kappa shape index (κ1) is 18.1. The molecule has 1 aromatic rings. The number of rotatable bonds is 6. The lowest BCUT2D eigenvalue weighted by Gasteiger charge is -2.26. The third-order valence-corrected chi connectivity index (χ3v) is 6.32. The van der Waals surface area contributed by atoms with Gasteiger partial charge in [0, 0.05) is 35.5 Å². The van der Waals surface area contributed by atoms with Crippen LogP contribution in [0.5, 0.6) is 0 Å². The molecule has 0 spiro atoms. The summed E-state index contributed by atoms with van der Waals surface area (Å²) in [6, 6.07) is 6.77. The van der Waals surface area contributed by atoms with E-state index in [1.165, 1.54) is 0 Å². The number of nitrogens with zero attached hydrogens (tertiary/aromatic N) is 1. The zero-order valence-corrected chi connectivity index (χ0v) is 15.4. The molecule has 23 heavy (non-hydrogen) atoms. The third kappa shape index (κ3) is 4.88. The number of halogens is 1. The van der Waals surface area contributed by atoms with Gasteiger partial charge in [-0.2, -0.15) is 0 Å². The fourth-order valence-corrected chi connectivity index (χ4v) is 4.80. The number of benzene rings is 1. The molecule has 0 saturated carbocycles. The van der Waals surface area contributed by atoms with Crippen LogP contribution in [0.3, 0.4) is 0 Å². The van der Waals surface area contributed by atoms with Crippen molar-refractivity contribution in [2.45, 2.75) is 32.2 Å². The summed E-state index contributed by atoms with van der Waals surface area (Å²) >= 11 is 3.31. The van der Waals surface area contributed by atoms with Crippen LogP contribution in [0.1, 0.15) is 36.5 Å². The minimum Gasteiger partial charge on any atom is -0.339 e. The van der Waals surface area contributed by atoms with Crippen LogP contribution in [0.15, 0.2) is 28.7 Å². The molecule has 0 aliphatic carbocycles.